The number of carbonyl (C=O) groups is 2. The van der Waals surface area contributed by atoms with Crippen LogP contribution in [-0.4, -0.2) is 34.0 Å². The van der Waals surface area contributed by atoms with Crippen LogP contribution < -0.4 is 9.64 Å². The molecule has 0 saturated heterocycles. The van der Waals surface area contributed by atoms with E-state index in [1.807, 2.05) is 0 Å². The Morgan fingerprint density at radius 2 is 1.88 bits per heavy atom. The van der Waals surface area contributed by atoms with Crippen molar-refractivity contribution >= 4 is 39.9 Å². The van der Waals surface area contributed by atoms with Crippen molar-refractivity contribution in [2.45, 2.75) is 6.04 Å². The van der Waals surface area contributed by atoms with Crippen LogP contribution in [0.2, 0.25) is 5.02 Å². The predicted octanol–water partition coefficient (Wildman–Crippen LogP) is 4.98. The first-order chi connectivity index (χ1) is 16.4. The number of pyridine rings is 1. The molecule has 3 heterocycles. The van der Waals surface area contributed by atoms with Gasteiger partial charge in [-0.15, -0.1) is 0 Å². The molecule has 0 saturated carbocycles. The van der Waals surface area contributed by atoms with E-state index >= 15 is 0 Å². The maximum atomic E-state index is 13.6. The molecule has 1 aliphatic heterocycles. The van der Waals surface area contributed by atoms with Crippen LogP contribution in [0.5, 0.6) is 11.5 Å². The molecule has 0 aliphatic carbocycles. The number of amides is 1. The highest BCUT2D eigenvalue weighted by atomic mass is 35.5. The molecule has 4 aromatic rings. The first-order valence-corrected chi connectivity index (χ1v) is 10.6. The minimum atomic E-state index is -1.10. The number of halogens is 1. The third kappa shape index (κ3) is 3.36. The van der Waals surface area contributed by atoms with Gasteiger partial charge in [0, 0.05) is 22.7 Å². The van der Waals surface area contributed by atoms with Gasteiger partial charge in [-0.3, -0.25) is 19.5 Å². The van der Waals surface area contributed by atoms with Crippen molar-refractivity contribution in [1.82, 2.24) is 4.98 Å². The number of carbonyl (C=O) groups excluding carboxylic acids is 2. The molecule has 0 fully saturated rings. The van der Waals surface area contributed by atoms with Crippen molar-refractivity contribution < 1.29 is 29.0 Å². The number of aromatic nitrogens is 1. The second-order valence-corrected chi connectivity index (χ2v) is 7.99. The molecule has 0 spiro atoms. The summed E-state index contributed by atoms with van der Waals surface area (Å²) in [6, 6.07) is 14.7. The summed E-state index contributed by atoms with van der Waals surface area (Å²) in [5.41, 5.74) is 0.515. The summed E-state index contributed by atoms with van der Waals surface area (Å²) in [5, 5.41) is 22.2. The predicted molar refractivity (Wildman–Crippen MR) is 124 cm³/mol. The number of phenols is 1. The van der Waals surface area contributed by atoms with E-state index in [0.29, 0.717) is 27.4 Å². The fourth-order valence-electron chi connectivity index (χ4n) is 4.05. The topological polar surface area (TPSA) is 113 Å². The Bertz CT molecular complexity index is 1480. The van der Waals surface area contributed by atoms with Crippen LogP contribution in [0.3, 0.4) is 0 Å². The van der Waals surface area contributed by atoms with E-state index in [1.165, 1.54) is 31.5 Å². The van der Waals surface area contributed by atoms with Gasteiger partial charge in [0.2, 0.25) is 5.78 Å². The van der Waals surface area contributed by atoms with Crippen LogP contribution in [0.1, 0.15) is 22.3 Å². The van der Waals surface area contributed by atoms with E-state index in [1.54, 1.807) is 42.5 Å². The third-order valence-electron chi connectivity index (χ3n) is 5.55. The van der Waals surface area contributed by atoms with Crippen molar-refractivity contribution in [3.05, 3.63) is 94.7 Å². The average Bonchev–Trinajstić information content (AvgIpc) is 3.38. The normalized spacial score (nSPS) is 15.9. The molecule has 0 radical (unpaired) electrons. The number of para-hydroxylation sites is 2. The van der Waals surface area contributed by atoms with Gasteiger partial charge >= 0.3 is 0 Å². The van der Waals surface area contributed by atoms with Gasteiger partial charge in [0.15, 0.2) is 22.9 Å². The zero-order valence-electron chi connectivity index (χ0n) is 17.7. The summed E-state index contributed by atoms with van der Waals surface area (Å²) in [5.74, 6) is -2.30. The lowest BCUT2D eigenvalue weighted by Gasteiger charge is -2.26. The summed E-state index contributed by atoms with van der Waals surface area (Å²) in [6.45, 7) is 0. The van der Waals surface area contributed by atoms with Gasteiger partial charge in [-0.1, -0.05) is 29.8 Å². The number of aliphatic hydroxyl groups is 1. The van der Waals surface area contributed by atoms with Crippen LogP contribution >= 0.6 is 11.6 Å². The van der Waals surface area contributed by atoms with Crippen LogP contribution in [0.4, 0.5) is 5.69 Å². The molecule has 1 atom stereocenters. The molecule has 9 heteroatoms. The summed E-state index contributed by atoms with van der Waals surface area (Å²) < 4.78 is 11.1. The van der Waals surface area contributed by atoms with Gasteiger partial charge in [0.05, 0.1) is 24.1 Å². The quantitative estimate of drug-likeness (QED) is 0.390. The lowest BCUT2D eigenvalue weighted by molar-refractivity contribution is -0.117. The third-order valence-corrected chi connectivity index (χ3v) is 5.77. The number of hydrogen-bond acceptors (Lipinski definition) is 7. The largest absolute Gasteiger partial charge is 0.506 e. The Morgan fingerprint density at radius 3 is 2.59 bits per heavy atom. The lowest BCUT2D eigenvalue weighted by Crippen LogP contribution is -2.31. The second-order valence-electron chi connectivity index (χ2n) is 7.55. The molecule has 1 aliphatic rings. The Balaban J connectivity index is 1.68. The zero-order chi connectivity index (χ0) is 24.0. The van der Waals surface area contributed by atoms with Crippen LogP contribution in [0, 0.1) is 0 Å². The van der Waals surface area contributed by atoms with Crippen molar-refractivity contribution in [3.8, 4) is 11.5 Å². The molecule has 1 amide bonds. The minimum Gasteiger partial charge on any atom is -0.506 e. The van der Waals surface area contributed by atoms with E-state index in [2.05, 4.69) is 4.98 Å². The van der Waals surface area contributed by atoms with Crippen LogP contribution in [-0.2, 0) is 4.79 Å². The molecular weight excluding hydrogens is 460 g/mol. The molecule has 0 bridgehead atoms. The number of hydrogen-bond donors (Lipinski definition) is 2. The molecular formula is C25H17ClN2O6. The maximum Gasteiger partial charge on any atom is 0.294 e. The van der Waals surface area contributed by atoms with Crippen LogP contribution in [0.25, 0.3) is 11.0 Å². The number of methoxy groups -OCH3 is 1. The molecule has 34 heavy (non-hydrogen) atoms. The minimum absolute atomic E-state index is 0.120. The smallest absolute Gasteiger partial charge is 0.294 e. The maximum absolute atomic E-state index is 13.6. The number of nitrogens with zero attached hydrogens (tertiary/aromatic N) is 2. The van der Waals surface area contributed by atoms with Crippen LogP contribution in [0.15, 0.2) is 82.6 Å². The fraction of sp³-hybridized carbons (Fsp3) is 0.0800. The summed E-state index contributed by atoms with van der Waals surface area (Å²) in [6.07, 6.45) is 1.51. The monoisotopic (exact) mass is 476 g/mol. The molecule has 5 rings (SSSR count). The molecule has 2 N–H and O–H groups in total. The first kappa shape index (κ1) is 21.5. The molecule has 170 valence electrons. The number of aromatic hydroxyl groups is 1. The van der Waals surface area contributed by atoms with E-state index in [-0.39, 0.29) is 22.8 Å². The first-order valence-electron chi connectivity index (χ1n) is 10.2. The molecule has 2 aromatic carbocycles. The van der Waals surface area contributed by atoms with E-state index < -0.39 is 23.5 Å². The lowest BCUT2D eigenvalue weighted by atomic mass is 9.98. The van der Waals surface area contributed by atoms with Crippen molar-refractivity contribution in [2.75, 3.05) is 12.0 Å². The summed E-state index contributed by atoms with van der Waals surface area (Å²) in [7, 11) is 1.44. The number of fused-ring (bicyclic) bond motifs is 1. The Morgan fingerprint density at radius 1 is 1.12 bits per heavy atom. The Hall–Kier alpha value is -4.30. The molecule has 1 unspecified atom stereocenters. The number of ketones is 1. The van der Waals surface area contributed by atoms with Gasteiger partial charge in [-0.2, -0.15) is 0 Å². The number of benzene rings is 2. The number of furan rings is 1. The van der Waals surface area contributed by atoms with Crippen molar-refractivity contribution in [1.29, 1.82) is 0 Å². The number of Topliss-reactive ketones (excluding diaryl/α,β-unsaturated/α-hetero) is 1. The zero-order valence-corrected chi connectivity index (χ0v) is 18.5. The average molecular weight is 477 g/mol. The highest BCUT2D eigenvalue weighted by Gasteiger charge is 2.46. The highest BCUT2D eigenvalue weighted by Crippen LogP contribution is 2.44. The number of rotatable bonds is 5. The standard InChI is InChI=1S/C25H17ClN2O6/c1-33-19-12-14(26)10-13-11-18(34-24(13)19)22(30)20-21(15-6-4-5-9-27-15)28(25(32)23(20)31)16-7-2-3-8-17(16)29/h2-12,21,29,31H,1H3. The number of phenolic OH excluding ortho intramolecular Hbond substituents is 1. The van der Waals surface area contributed by atoms with E-state index in [9.17, 15) is 19.8 Å². The number of anilines is 1. The number of ether oxygens (including phenoxy) is 1. The Kier molecular flexibility index (Phi) is 5.22. The van der Waals surface area contributed by atoms with Crippen molar-refractivity contribution in [3.63, 3.8) is 0 Å². The van der Waals surface area contributed by atoms with E-state index in [4.69, 9.17) is 20.8 Å². The number of aliphatic hydroxyl groups excluding tert-OH is 1. The van der Waals surface area contributed by atoms with Gasteiger partial charge in [0.1, 0.15) is 11.8 Å². The SMILES string of the molecule is COc1cc(Cl)cc2cc(C(=O)C3=C(O)C(=O)N(c4ccccc4O)C3c3ccccn3)oc12. The Labute approximate surface area is 198 Å². The highest BCUT2D eigenvalue weighted by molar-refractivity contribution is 6.31. The van der Waals surface area contributed by atoms with E-state index in [0.717, 1.165) is 4.90 Å². The van der Waals surface area contributed by atoms with Gasteiger partial charge in [0.25, 0.3) is 5.91 Å². The van der Waals surface area contributed by atoms with Crippen molar-refractivity contribution in [2.24, 2.45) is 0 Å². The second kappa shape index (κ2) is 8.24. The fourth-order valence-corrected chi connectivity index (χ4v) is 4.27. The molecule has 2 aromatic heterocycles. The summed E-state index contributed by atoms with van der Waals surface area (Å²) >= 11 is 6.13. The summed E-state index contributed by atoms with van der Waals surface area (Å²) in [4.78, 5) is 32.3. The van der Waals surface area contributed by atoms with Gasteiger partial charge < -0.3 is 19.4 Å². The van der Waals surface area contributed by atoms with Gasteiger partial charge in [-0.25, -0.2) is 0 Å². The van der Waals surface area contributed by atoms with Gasteiger partial charge in [-0.05, 0) is 36.4 Å². The molecule has 8 nitrogen and oxygen atoms in total.